The van der Waals surface area contributed by atoms with E-state index in [0.29, 0.717) is 5.92 Å². The van der Waals surface area contributed by atoms with Crippen LogP contribution in [0.2, 0.25) is 5.02 Å². The Morgan fingerprint density at radius 2 is 2.17 bits per heavy atom. The zero-order valence-corrected chi connectivity index (χ0v) is 12.6. The van der Waals surface area contributed by atoms with Gasteiger partial charge in [0.05, 0.1) is 5.02 Å². The van der Waals surface area contributed by atoms with Gasteiger partial charge < -0.3 is 10.2 Å². The number of anilines is 1. The van der Waals surface area contributed by atoms with Crippen LogP contribution in [0.25, 0.3) is 0 Å². The molecule has 0 radical (unpaired) electrons. The van der Waals surface area contributed by atoms with Gasteiger partial charge in [-0.2, -0.15) is 0 Å². The topological polar surface area (TPSA) is 28.2 Å². The Morgan fingerprint density at radius 3 is 2.78 bits per heavy atom. The maximum atomic E-state index is 6.17. The molecular weight excluding hydrogens is 246 g/mol. The number of hydrogen-bond acceptors (Lipinski definition) is 3. The van der Waals surface area contributed by atoms with Crippen LogP contribution in [-0.2, 0) is 6.54 Å². The highest BCUT2D eigenvalue weighted by Crippen LogP contribution is 2.20. The Kier molecular flexibility index (Phi) is 6.44. The van der Waals surface area contributed by atoms with Crippen molar-refractivity contribution in [2.45, 2.75) is 33.7 Å². The van der Waals surface area contributed by atoms with Gasteiger partial charge in [-0.05, 0) is 30.5 Å². The summed E-state index contributed by atoms with van der Waals surface area (Å²) < 4.78 is 0. The molecule has 1 N–H and O–H groups in total. The van der Waals surface area contributed by atoms with E-state index in [0.717, 1.165) is 42.5 Å². The third-order valence-corrected chi connectivity index (χ3v) is 3.08. The minimum Gasteiger partial charge on any atom is -0.360 e. The summed E-state index contributed by atoms with van der Waals surface area (Å²) >= 11 is 6.17. The number of pyridine rings is 1. The van der Waals surface area contributed by atoms with E-state index < -0.39 is 0 Å². The smallest absolute Gasteiger partial charge is 0.128 e. The lowest BCUT2D eigenvalue weighted by atomic mass is 10.2. The summed E-state index contributed by atoms with van der Waals surface area (Å²) in [7, 11) is 2.06. The number of aromatic nitrogens is 1. The Morgan fingerprint density at radius 1 is 1.44 bits per heavy atom. The maximum absolute atomic E-state index is 6.17. The molecule has 4 heteroatoms. The fourth-order valence-electron chi connectivity index (χ4n) is 1.76. The second-order valence-electron chi connectivity index (χ2n) is 5.08. The normalized spacial score (nSPS) is 11.0. The van der Waals surface area contributed by atoms with Crippen molar-refractivity contribution in [3.05, 3.63) is 22.8 Å². The van der Waals surface area contributed by atoms with E-state index in [-0.39, 0.29) is 0 Å². The van der Waals surface area contributed by atoms with Gasteiger partial charge in [-0.3, -0.25) is 0 Å². The number of halogens is 1. The van der Waals surface area contributed by atoms with Crippen LogP contribution in [0.4, 0.5) is 5.82 Å². The lowest BCUT2D eigenvalue weighted by molar-refractivity contribution is 0.552. The van der Waals surface area contributed by atoms with Gasteiger partial charge in [-0.15, -0.1) is 0 Å². The molecule has 0 aliphatic rings. The molecule has 1 aromatic rings. The minimum absolute atomic E-state index is 0.646. The second kappa shape index (κ2) is 7.59. The van der Waals surface area contributed by atoms with Crippen molar-refractivity contribution in [2.75, 3.05) is 25.0 Å². The van der Waals surface area contributed by atoms with Crippen LogP contribution in [0.5, 0.6) is 0 Å². The largest absolute Gasteiger partial charge is 0.360 e. The molecule has 0 saturated heterocycles. The van der Waals surface area contributed by atoms with Crippen LogP contribution >= 0.6 is 11.6 Å². The molecule has 0 amide bonds. The van der Waals surface area contributed by atoms with Crippen molar-refractivity contribution in [3.8, 4) is 0 Å². The third-order valence-electron chi connectivity index (χ3n) is 2.74. The Hall–Kier alpha value is -0.800. The fourth-order valence-corrected chi connectivity index (χ4v) is 1.93. The summed E-state index contributed by atoms with van der Waals surface area (Å²) in [6.07, 6.45) is 2.86. The zero-order chi connectivity index (χ0) is 13.5. The van der Waals surface area contributed by atoms with Gasteiger partial charge in [0.25, 0.3) is 0 Å². The second-order valence-corrected chi connectivity index (χ2v) is 5.49. The molecule has 0 unspecified atom stereocenters. The molecule has 0 bridgehead atoms. The molecule has 0 spiro atoms. The molecule has 0 aliphatic heterocycles. The molecule has 0 aliphatic carbocycles. The van der Waals surface area contributed by atoms with Crippen molar-refractivity contribution in [1.82, 2.24) is 10.3 Å². The lowest BCUT2D eigenvalue weighted by Crippen LogP contribution is -2.21. The molecule has 0 saturated carbocycles. The number of nitrogens with one attached hydrogen (secondary N) is 1. The van der Waals surface area contributed by atoms with Crippen LogP contribution < -0.4 is 10.2 Å². The third kappa shape index (κ3) is 4.83. The first-order chi connectivity index (χ1) is 8.54. The van der Waals surface area contributed by atoms with Gasteiger partial charge in [0.1, 0.15) is 5.82 Å². The first-order valence-electron chi connectivity index (χ1n) is 6.60. The summed E-state index contributed by atoms with van der Waals surface area (Å²) in [6, 6.07) is 2.07. The summed E-state index contributed by atoms with van der Waals surface area (Å²) in [5, 5.41) is 4.15. The maximum Gasteiger partial charge on any atom is 0.128 e. The summed E-state index contributed by atoms with van der Waals surface area (Å²) in [5.41, 5.74) is 1.12. The quantitative estimate of drug-likeness (QED) is 0.823. The van der Waals surface area contributed by atoms with Gasteiger partial charge in [0.15, 0.2) is 0 Å². The van der Waals surface area contributed by atoms with Gasteiger partial charge >= 0.3 is 0 Å². The van der Waals surface area contributed by atoms with Crippen LogP contribution in [0.3, 0.4) is 0 Å². The lowest BCUT2D eigenvalue weighted by Gasteiger charge is -2.18. The summed E-state index contributed by atoms with van der Waals surface area (Å²) in [4.78, 5) is 6.52. The van der Waals surface area contributed by atoms with Crippen LogP contribution in [0, 0.1) is 5.92 Å². The number of nitrogens with zero attached hydrogens (tertiary/aromatic N) is 2. The van der Waals surface area contributed by atoms with Gasteiger partial charge in [-0.1, -0.05) is 32.4 Å². The highest BCUT2D eigenvalue weighted by Gasteiger charge is 2.06. The average molecular weight is 270 g/mol. The molecule has 1 aromatic heterocycles. The predicted molar refractivity (Wildman–Crippen MR) is 79.4 cm³/mol. The zero-order valence-electron chi connectivity index (χ0n) is 11.8. The Balaban J connectivity index is 2.68. The molecule has 3 nitrogen and oxygen atoms in total. The van der Waals surface area contributed by atoms with Crippen LogP contribution in [-0.4, -0.2) is 25.1 Å². The van der Waals surface area contributed by atoms with E-state index in [1.807, 2.05) is 0 Å². The number of rotatable bonds is 7. The van der Waals surface area contributed by atoms with E-state index in [4.69, 9.17) is 11.6 Å². The van der Waals surface area contributed by atoms with Crippen molar-refractivity contribution in [2.24, 2.45) is 5.92 Å². The number of hydrogen-bond donors (Lipinski definition) is 1. The van der Waals surface area contributed by atoms with Crippen LogP contribution in [0.15, 0.2) is 12.3 Å². The molecular formula is C14H24ClN3. The van der Waals surface area contributed by atoms with Crippen LogP contribution in [0.1, 0.15) is 32.8 Å². The van der Waals surface area contributed by atoms with Crippen molar-refractivity contribution in [3.63, 3.8) is 0 Å². The van der Waals surface area contributed by atoms with E-state index in [1.165, 1.54) is 0 Å². The molecule has 0 aromatic carbocycles. The molecule has 1 rings (SSSR count). The first-order valence-corrected chi connectivity index (χ1v) is 6.98. The van der Waals surface area contributed by atoms with Gasteiger partial charge in [-0.25, -0.2) is 4.98 Å². The average Bonchev–Trinajstić information content (AvgIpc) is 2.31. The highest BCUT2D eigenvalue weighted by atomic mass is 35.5. The first kappa shape index (κ1) is 15.3. The van der Waals surface area contributed by atoms with Gasteiger partial charge in [0, 0.05) is 26.3 Å². The highest BCUT2D eigenvalue weighted by molar-refractivity contribution is 6.31. The van der Waals surface area contributed by atoms with E-state index in [1.54, 1.807) is 6.20 Å². The van der Waals surface area contributed by atoms with Crippen molar-refractivity contribution in [1.29, 1.82) is 0 Å². The molecule has 0 fully saturated rings. The van der Waals surface area contributed by atoms with E-state index >= 15 is 0 Å². The van der Waals surface area contributed by atoms with Crippen molar-refractivity contribution >= 4 is 17.4 Å². The summed E-state index contributed by atoms with van der Waals surface area (Å²) in [5.74, 6) is 1.63. The molecule has 102 valence electrons. The van der Waals surface area contributed by atoms with Crippen molar-refractivity contribution < 1.29 is 0 Å². The van der Waals surface area contributed by atoms with E-state index in [9.17, 15) is 0 Å². The standard InChI is InChI=1S/C14H24ClN3/c1-5-6-18(4)14-7-12(13(15)10-17-14)9-16-8-11(2)3/h7,10-11,16H,5-6,8-9H2,1-4H3. The molecule has 0 atom stereocenters. The molecule has 18 heavy (non-hydrogen) atoms. The monoisotopic (exact) mass is 269 g/mol. The van der Waals surface area contributed by atoms with Gasteiger partial charge in [0.2, 0.25) is 0 Å². The Labute approximate surface area is 116 Å². The predicted octanol–water partition coefficient (Wildman–Crippen LogP) is 3.33. The SMILES string of the molecule is CCCN(C)c1cc(CNCC(C)C)c(Cl)cn1. The molecule has 1 heterocycles. The Bertz CT molecular complexity index is 366. The fraction of sp³-hybridized carbons (Fsp3) is 0.643. The van der Waals surface area contributed by atoms with E-state index in [2.05, 4.69) is 49.1 Å². The summed E-state index contributed by atoms with van der Waals surface area (Å²) in [6.45, 7) is 9.36. The minimum atomic E-state index is 0.646.